The van der Waals surface area contributed by atoms with Crippen LogP contribution < -0.4 is 14.2 Å². The zero-order valence-electron chi connectivity index (χ0n) is 17.0. The number of hydrogen-bond donors (Lipinski definition) is 0. The van der Waals surface area contributed by atoms with Crippen molar-refractivity contribution < 1.29 is 24.1 Å². The number of rotatable bonds is 8. The van der Waals surface area contributed by atoms with Gasteiger partial charge in [0.2, 0.25) is 0 Å². The Kier molecular flexibility index (Phi) is 6.12. The molecule has 4 rings (SSSR count). The van der Waals surface area contributed by atoms with Crippen LogP contribution in [0.25, 0.3) is 0 Å². The van der Waals surface area contributed by atoms with Gasteiger partial charge < -0.3 is 14.2 Å². The molecule has 0 N–H and O–H groups in total. The predicted octanol–water partition coefficient (Wildman–Crippen LogP) is 6.88. The zero-order chi connectivity index (χ0) is 23.2. The molecule has 33 heavy (non-hydrogen) atoms. The maximum atomic E-state index is 10.8. The highest BCUT2D eigenvalue weighted by atomic mass is 16.6. The molecule has 0 atom stereocenters. The van der Waals surface area contributed by atoms with E-state index in [0.29, 0.717) is 34.5 Å². The summed E-state index contributed by atoms with van der Waals surface area (Å²) < 4.78 is 17.4. The number of nitro groups is 2. The van der Waals surface area contributed by atoms with E-state index in [1.165, 1.54) is 48.5 Å². The molecular formula is C24H16N2O7. The predicted molar refractivity (Wildman–Crippen MR) is 119 cm³/mol. The van der Waals surface area contributed by atoms with E-state index in [2.05, 4.69) is 0 Å². The third kappa shape index (κ3) is 5.61. The minimum absolute atomic E-state index is 0.0183. The first-order chi connectivity index (χ1) is 16.0. The number of nitrogens with zero attached hydrogens (tertiary/aromatic N) is 2. The van der Waals surface area contributed by atoms with Crippen LogP contribution in [-0.4, -0.2) is 9.85 Å². The summed E-state index contributed by atoms with van der Waals surface area (Å²) in [5.41, 5.74) is -0.0366. The van der Waals surface area contributed by atoms with Gasteiger partial charge in [0, 0.05) is 36.4 Å². The van der Waals surface area contributed by atoms with Gasteiger partial charge in [-0.15, -0.1) is 0 Å². The topological polar surface area (TPSA) is 114 Å². The summed E-state index contributed by atoms with van der Waals surface area (Å²) in [6.07, 6.45) is 0. The molecule has 0 unspecified atom stereocenters. The number of benzene rings is 4. The van der Waals surface area contributed by atoms with Gasteiger partial charge in [-0.3, -0.25) is 20.2 Å². The highest BCUT2D eigenvalue weighted by molar-refractivity contribution is 5.44. The Balaban J connectivity index is 1.43. The van der Waals surface area contributed by atoms with Crippen LogP contribution in [0.2, 0.25) is 0 Å². The lowest BCUT2D eigenvalue weighted by Crippen LogP contribution is -1.90. The lowest BCUT2D eigenvalue weighted by atomic mass is 10.3. The van der Waals surface area contributed by atoms with Crippen LogP contribution in [0.1, 0.15) is 0 Å². The van der Waals surface area contributed by atoms with Crippen LogP contribution >= 0.6 is 0 Å². The van der Waals surface area contributed by atoms with Gasteiger partial charge >= 0.3 is 0 Å². The van der Waals surface area contributed by atoms with Crippen LogP contribution in [-0.2, 0) is 0 Å². The van der Waals surface area contributed by atoms with E-state index in [9.17, 15) is 20.2 Å². The molecule has 0 aliphatic rings. The maximum absolute atomic E-state index is 10.8. The first-order valence-corrected chi connectivity index (χ1v) is 9.69. The monoisotopic (exact) mass is 444 g/mol. The summed E-state index contributed by atoms with van der Waals surface area (Å²) >= 11 is 0. The molecule has 4 aromatic carbocycles. The Bertz CT molecular complexity index is 1190. The average Bonchev–Trinajstić information content (AvgIpc) is 2.80. The molecule has 0 heterocycles. The minimum atomic E-state index is -0.474. The lowest BCUT2D eigenvalue weighted by Gasteiger charge is -2.11. The highest BCUT2D eigenvalue weighted by Gasteiger charge is 2.08. The van der Waals surface area contributed by atoms with E-state index in [-0.39, 0.29) is 11.4 Å². The Morgan fingerprint density at radius 1 is 0.455 bits per heavy atom. The van der Waals surface area contributed by atoms with E-state index in [1.807, 2.05) is 0 Å². The molecule has 0 aromatic heterocycles. The molecule has 0 aliphatic heterocycles. The van der Waals surface area contributed by atoms with Gasteiger partial charge in [0.05, 0.1) is 9.85 Å². The van der Waals surface area contributed by atoms with Crippen LogP contribution in [0.4, 0.5) is 11.4 Å². The van der Waals surface area contributed by atoms with E-state index in [1.54, 1.807) is 48.5 Å². The molecular weight excluding hydrogens is 428 g/mol. The van der Waals surface area contributed by atoms with Gasteiger partial charge in [-0.25, -0.2) is 0 Å². The van der Waals surface area contributed by atoms with Crippen molar-refractivity contribution in [2.45, 2.75) is 0 Å². The fourth-order valence-corrected chi connectivity index (χ4v) is 2.88. The SMILES string of the molecule is O=[N+]([O-])c1ccc(Oc2cccc(Oc3cccc(Oc4ccc([N+](=O)[O-])cc4)c3)c2)cc1. The molecule has 0 bridgehead atoms. The Morgan fingerprint density at radius 3 is 1.06 bits per heavy atom. The van der Waals surface area contributed by atoms with E-state index in [4.69, 9.17) is 14.2 Å². The second-order valence-corrected chi connectivity index (χ2v) is 6.76. The van der Waals surface area contributed by atoms with Crippen molar-refractivity contribution in [2.75, 3.05) is 0 Å². The number of nitro benzene ring substituents is 2. The molecule has 9 heteroatoms. The molecule has 0 amide bonds. The van der Waals surface area contributed by atoms with Gasteiger partial charge in [-0.2, -0.15) is 0 Å². The maximum Gasteiger partial charge on any atom is 0.269 e. The third-order valence-corrected chi connectivity index (χ3v) is 4.41. The van der Waals surface area contributed by atoms with Crippen molar-refractivity contribution in [2.24, 2.45) is 0 Å². The van der Waals surface area contributed by atoms with Crippen molar-refractivity contribution in [3.8, 4) is 34.5 Å². The molecule has 0 saturated carbocycles. The molecule has 9 nitrogen and oxygen atoms in total. The van der Waals surface area contributed by atoms with Gasteiger partial charge in [0.1, 0.15) is 34.5 Å². The molecule has 0 spiro atoms. The van der Waals surface area contributed by atoms with Gasteiger partial charge in [-0.05, 0) is 48.5 Å². The molecule has 0 radical (unpaired) electrons. The largest absolute Gasteiger partial charge is 0.457 e. The molecule has 0 saturated heterocycles. The van der Waals surface area contributed by atoms with Gasteiger partial charge in [-0.1, -0.05) is 12.1 Å². The van der Waals surface area contributed by atoms with E-state index >= 15 is 0 Å². The lowest BCUT2D eigenvalue weighted by molar-refractivity contribution is -0.385. The molecule has 0 aliphatic carbocycles. The molecule has 164 valence electrons. The summed E-state index contributed by atoms with van der Waals surface area (Å²) in [5.74, 6) is 2.94. The first-order valence-electron chi connectivity index (χ1n) is 9.69. The fourth-order valence-electron chi connectivity index (χ4n) is 2.88. The van der Waals surface area contributed by atoms with Crippen molar-refractivity contribution in [3.63, 3.8) is 0 Å². The van der Waals surface area contributed by atoms with Crippen molar-refractivity contribution in [1.29, 1.82) is 0 Å². The second kappa shape index (κ2) is 9.48. The summed E-state index contributed by atoms with van der Waals surface area (Å²) in [6, 6.07) is 25.4. The number of hydrogen-bond acceptors (Lipinski definition) is 7. The van der Waals surface area contributed by atoms with Crippen LogP contribution in [0.5, 0.6) is 34.5 Å². The summed E-state index contributed by atoms with van der Waals surface area (Å²) in [6.45, 7) is 0. The normalized spacial score (nSPS) is 10.3. The summed E-state index contributed by atoms with van der Waals surface area (Å²) in [5, 5.41) is 21.5. The second-order valence-electron chi connectivity index (χ2n) is 6.76. The Labute approximate surface area is 187 Å². The highest BCUT2D eigenvalue weighted by Crippen LogP contribution is 2.32. The Morgan fingerprint density at radius 2 is 0.758 bits per heavy atom. The number of non-ortho nitro benzene ring substituents is 2. The summed E-state index contributed by atoms with van der Waals surface area (Å²) in [7, 11) is 0. The van der Waals surface area contributed by atoms with Gasteiger partial charge in [0.15, 0.2) is 0 Å². The standard InChI is InChI=1S/C24H16N2O7/c27-25(28)17-7-11-19(12-8-17)31-21-3-1-5-23(15-21)33-24-6-2-4-22(16-24)32-20-13-9-18(10-14-20)26(29)30/h1-16H. The van der Waals surface area contributed by atoms with Crippen molar-refractivity contribution in [1.82, 2.24) is 0 Å². The first kappa shape index (κ1) is 21.3. The average molecular weight is 444 g/mol. The van der Waals surface area contributed by atoms with Crippen LogP contribution in [0.3, 0.4) is 0 Å². The zero-order valence-corrected chi connectivity index (χ0v) is 17.0. The third-order valence-electron chi connectivity index (χ3n) is 4.41. The van der Waals surface area contributed by atoms with Crippen molar-refractivity contribution in [3.05, 3.63) is 117 Å². The van der Waals surface area contributed by atoms with E-state index < -0.39 is 9.85 Å². The van der Waals surface area contributed by atoms with Gasteiger partial charge in [0.25, 0.3) is 11.4 Å². The minimum Gasteiger partial charge on any atom is -0.457 e. The van der Waals surface area contributed by atoms with Crippen molar-refractivity contribution >= 4 is 11.4 Å². The van der Waals surface area contributed by atoms with Crippen LogP contribution in [0, 0.1) is 20.2 Å². The fraction of sp³-hybridized carbons (Fsp3) is 0. The summed E-state index contributed by atoms with van der Waals surface area (Å²) in [4.78, 5) is 20.6. The molecule has 0 fully saturated rings. The number of ether oxygens (including phenoxy) is 3. The van der Waals surface area contributed by atoms with E-state index in [0.717, 1.165) is 0 Å². The molecule has 4 aromatic rings. The quantitative estimate of drug-likeness (QED) is 0.215. The van der Waals surface area contributed by atoms with Crippen LogP contribution in [0.15, 0.2) is 97.1 Å². The smallest absolute Gasteiger partial charge is 0.269 e. The Hall–Kier alpha value is -4.92.